The smallest absolute Gasteiger partial charge is 0.264 e. The molecule has 0 saturated carbocycles. The van der Waals surface area contributed by atoms with Crippen LogP contribution in [0.2, 0.25) is 0 Å². The topological polar surface area (TPSA) is 66.5 Å². The Morgan fingerprint density at radius 1 is 0.824 bits per heavy atom. The molecule has 0 radical (unpaired) electrons. The van der Waals surface area contributed by atoms with Crippen LogP contribution in [-0.2, 0) is 27.8 Å². The molecule has 0 bridgehead atoms. The maximum Gasteiger partial charge on any atom is 0.264 e. The van der Waals surface area contributed by atoms with Gasteiger partial charge >= 0.3 is 0 Å². The minimum Gasteiger partial charge on any atom is -0.350 e. The van der Waals surface area contributed by atoms with Crippen LogP contribution in [0.5, 0.6) is 0 Å². The van der Waals surface area contributed by atoms with Crippen LogP contribution in [0.4, 0.5) is 5.69 Å². The van der Waals surface area contributed by atoms with Gasteiger partial charge in [0.2, 0.25) is 5.91 Å². The van der Waals surface area contributed by atoms with Gasteiger partial charge in [-0.05, 0) is 53.4 Å². The number of carbonyl (C=O) groups excluding carboxylic acids is 1. The molecule has 34 heavy (non-hydrogen) atoms. The third kappa shape index (κ3) is 4.97. The van der Waals surface area contributed by atoms with Crippen molar-refractivity contribution in [1.82, 2.24) is 5.32 Å². The van der Waals surface area contributed by atoms with E-state index in [-0.39, 0.29) is 17.3 Å². The molecule has 0 saturated heterocycles. The second kappa shape index (κ2) is 10.1. The van der Waals surface area contributed by atoms with E-state index in [1.165, 1.54) is 4.31 Å². The molecule has 1 amide bonds. The maximum absolute atomic E-state index is 13.6. The number of rotatable bonds is 8. The average molecular weight is 473 g/mol. The Morgan fingerprint density at radius 3 is 2.24 bits per heavy atom. The molecule has 0 fully saturated rings. The number of fused-ring (bicyclic) bond motifs is 1. The largest absolute Gasteiger partial charge is 0.350 e. The summed E-state index contributed by atoms with van der Waals surface area (Å²) in [5, 5.41) is 5.07. The molecule has 0 aliphatic carbocycles. The number of sulfonamides is 1. The van der Waals surface area contributed by atoms with E-state index in [2.05, 4.69) is 5.32 Å². The summed E-state index contributed by atoms with van der Waals surface area (Å²) in [6.07, 6.45) is 0.647. The predicted molar refractivity (Wildman–Crippen MR) is 137 cm³/mol. The number of para-hydroxylation sites is 1. The van der Waals surface area contributed by atoms with Crippen molar-refractivity contribution in [3.05, 3.63) is 108 Å². The summed E-state index contributed by atoms with van der Waals surface area (Å²) in [6, 6.07) is 27.9. The lowest BCUT2D eigenvalue weighted by atomic mass is 10.0. The van der Waals surface area contributed by atoms with Gasteiger partial charge in [-0.2, -0.15) is 0 Å². The summed E-state index contributed by atoms with van der Waals surface area (Å²) in [5.74, 6) is -0.366. The number of aryl methyl sites for hydroxylation is 2. The summed E-state index contributed by atoms with van der Waals surface area (Å²) >= 11 is 0. The van der Waals surface area contributed by atoms with Crippen molar-refractivity contribution in [1.29, 1.82) is 0 Å². The van der Waals surface area contributed by atoms with Gasteiger partial charge in [0.15, 0.2) is 0 Å². The lowest BCUT2D eigenvalue weighted by molar-refractivity contribution is -0.119. The summed E-state index contributed by atoms with van der Waals surface area (Å²) in [6.45, 7) is 3.88. The second-order valence-corrected chi connectivity index (χ2v) is 10.1. The van der Waals surface area contributed by atoms with Crippen LogP contribution in [0.1, 0.15) is 23.6 Å². The van der Waals surface area contributed by atoms with Gasteiger partial charge in [-0.1, -0.05) is 85.3 Å². The fourth-order valence-electron chi connectivity index (χ4n) is 4.02. The monoisotopic (exact) mass is 472 g/mol. The molecule has 174 valence electrons. The van der Waals surface area contributed by atoms with E-state index in [1.807, 2.05) is 68.4 Å². The van der Waals surface area contributed by atoms with Gasteiger partial charge in [-0.3, -0.25) is 9.10 Å². The van der Waals surface area contributed by atoms with Crippen molar-refractivity contribution >= 4 is 32.4 Å². The number of nitrogens with zero attached hydrogens (tertiary/aromatic N) is 1. The lowest BCUT2D eigenvalue weighted by Crippen LogP contribution is -2.41. The molecule has 0 aliphatic heterocycles. The Bertz CT molecular complexity index is 1410. The molecule has 6 heteroatoms. The number of benzene rings is 4. The zero-order valence-electron chi connectivity index (χ0n) is 19.4. The fourth-order valence-corrected chi connectivity index (χ4v) is 5.48. The van der Waals surface area contributed by atoms with Crippen LogP contribution in [0.15, 0.2) is 95.9 Å². The Hall–Kier alpha value is -3.64. The van der Waals surface area contributed by atoms with Crippen molar-refractivity contribution in [3.63, 3.8) is 0 Å². The van der Waals surface area contributed by atoms with Gasteiger partial charge in [0.25, 0.3) is 10.0 Å². The predicted octanol–water partition coefficient (Wildman–Crippen LogP) is 5.22. The van der Waals surface area contributed by atoms with Gasteiger partial charge in [0, 0.05) is 6.54 Å². The third-order valence-electron chi connectivity index (χ3n) is 5.89. The molecule has 4 aromatic rings. The first-order valence-electron chi connectivity index (χ1n) is 11.3. The molecule has 0 spiro atoms. The van der Waals surface area contributed by atoms with Gasteiger partial charge in [0.05, 0.1) is 10.6 Å². The maximum atomic E-state index is 13.6. The van der Waals surface area contributed by atoms with Crippen LogP contribution < -0.4 is 9.62 Å². The molecule has 0 atom stereocenters. The first-order valence-corrected chi connectivity index (χ1v) is 12.7. The van der Waals surface area contributed by atoms with Gasteiger partial charge < -0.3 is 5.32 Å². The number of carbonyl (C=O) groups is 1. The van der Waals surface area contributed by atoms with Crippen molar-refractivity contribution in [2.75, 3.05) is 10.8 Å². The Labute approximate surface area is 201 Å². The molecular weight excluding hydrogens is 444 g/mol. The standard InChI is InChI=1S/C28H28N2O3S/c1-3-22-9-5-7-14-27(22)30(34(32,33)25-17-15-21(2)16-18-25)20-28(31)29-19-24-12-8-11-23-10-4-6-13-26(23)24/h4-18H,3,19-20H2,1-2H3,(H,29,31). The summed E-state index contributed by atoms with van der Waals surface area (Å²) < 4.78 is 28.5. The molecule has 1 N–H and O–H groups in total. The minimum absolute atomic E-state index is 0.158. The first kappa shape index (κ1) is 23.5. The SMILES string of the molecule is CCc1ccccc1N(CC(=O)NCc1cccc2ccccc12)S(=O)(=O)c1ccc(C)cc1. The molecule has 0 heterocycles. The normalized spacial score (nSPS) is 11.4. The number of hydrogen-bond donors (Lipinski definition) is 1. The molecule has 5 nitrogen and oxygen atoms in total. The molecular formula is C28H28N2O3S. The first-order chi connectivity index (χ1) is 16.4. The van der Waals surface area contributed by atoms with Crippen LogP contribution in [0, 0.1) is 6.92 Å². The highest BCUT2D eigenvalue weighted by molar-refractivity contribution is 7.92. The molecule has 4 rings (SSSR count). The highest BCUT2D eigenvalue weighted by Gasteiger charge is 2.28. The summed E-state index contributed by atoms with van der Waals surface area (Å²) in [5.41, 5.74) is 3.33. The Morgan fingerprint density at radius 2 is 1.47 bits per heavy atom. The van der Waals surface area contributed by atoms with E-state index in [0.717, 1.165) is 27.5 Å². The summed E-state index contributed by atoms with van der Waals surface area (Å²) in [4.78, 5) is 13.2. The fraction of sp³-hybridized carbons (Fsp3) is 0.179. The molecule has 0 unspecified atom stereocenters. The van der Waals surface area contributed by atoms with Crippen molar-refractivity contribution < 1.29 is 13.2 Å². The quantitative estimate of drug-likeness (QED) is 0.382. The van der Waals surface area contributed by atoms with E-state index >= 15 is 0 Å². The van der Waals surface area contributed by atoms with Crippen LogP contribution in [-0.4, -0.2) is 20.9 Å². The van der Waals surface area contributed by atoms with Gasteiger partial charge in [-0.15, -0.1) is 0 Å². The van der Waals surface area contributed by atoms with Crippen LogP contribution in [0.25, 0.3) is 10.8 Å². The average Bonchev–Trinajstić information content (AvgIpc) is 2.86. The highest BCUT2D eigenvalue weighted by atomic mass is 32.2. The van der Waals surface area contributed by atoms with Crippen molar-refractivity contribution in [2.24, 2.45) is 0 Å². The van der Waals surface area contributed by atoms with E-state index in [0.29, 0.717) is 18.7 Å². The molecule has 4 aromatic carbocycles. The minimum atomic E-state index is -3.94. The van der Waals surface area contributed by atoms with Crippen molar-refractivity contribution in [3.8, 4) is 0 Å². The zero-order chi connectivity index (χ0) is 24.1. The summed E-state index contributed by atoms with van der Waals surface area (Å²) in [7, 11) is -3.94. The van der Waals surface area contributed by atoms with E-state index < -0.39 is 10.0 Å². The second-order valence-electron chi connectivity index (χ2n) is 8.22. The van der Waals surface area contributed by atoms with Crippen LogP contribution in [0.3, 0.4) is 0 Å². The van der Waals surface area contributed by atoms with Crippen molar-refractivity contribution in [2.45, 2.75) is 31.7 Å². The highest BCUT2D eigenvalue weighted by Crippen LogP contribution is 2.28. The van der Waals surface area contributed by atoms with E-state index in [9.17, 15) is 13.2 Å². The molecule has 0 aliphatic rings. The number of nitrogens with one attached hydrogen (secondary N) is 1. The number of hydrogen-bond acceptors (Lipinski definition) is 3. The lowest BCUT2D eigenvalue weighted by Gasteiger charge is -2.26. The zero-order valence-corrected chi connectivity index (χ0v) is 20.2. The van der Waals surface area contributed by atoms with E-state index in [4.69, 9.17) is 0 Å². The number of anilines is 1. The van der Waals surface area contributed by atoms with Crippen LogP contribution >= 0.6 is 0 Å². The molecule has 0 aromatic heterocycles. The van der Waals surface area contributed by atoms with Gasteiger partial charge in [0.1, 0.15) is 6.54 Å². The van der Waals surface area contributed by atoms with Gasteiger partial charge in [-0.25, -0.2) is 8.42 Å². The Kier molecular flexibility index (Phi) is 6.98. The number of amides is 1. The Balaban J connectivity index is 1.63. The third-order valence-corrected chi connectivity index (χ3v) is 7.67. The van der Waals surface area contributed by atoms with E-state index in [1.54, 1.807) is 36.4 Å².